The van der Waals surface area contributed by atoms with Crippen LogP contribution in [0.2, 0.25) is 11.1 Å². The van der Waals surface area contributed by atoms with Gasteiger partial charge in [0, 0.05) is 5.92 Å². The molecule has 120 valence electrons. The van der Waals surface area contributed by atoms with Gasteiger partial charge in [-0.2, -0.15) is 0 Å². The first kappa shape index (κ1) is 18.2. The summed E-state index contributed by atoms with van der Waals surface area (Å²) in [6, 6.07) is 0. The Morgan fingerprint density at radius 1 is 0.800 bits per heavy atom. The van der Waals surface area contributed by atoms with Gasteiger partial charge in [0.25, 0.3) is 0 Å². The van der Waals surface area contributed by atoms with E-state index < -0.39 is 8.56 Å². The molecule has 1 heterocycles. The van der Waals surface area contributed by atoms with E-state index in [1.807, 2.05) is 0 Å². The lowest BCUT2D eigenvalue weighted by molar-refractivity contribution is -0.0689. The van der Waals surface area contributed by atoms with Crippen molar-refractivity contribution in [1.29, 1.82) is 0 Å². The van der Waals surface area contributed by atoms with Gasteiger partial charge in [0.05, 0.1) is 12.2 Å². The molecule has 0 bridgehead atoms. The van der Waals surface area contributed by atoms with Crippen LogP contribution in [0.3, 0.4) is 0 Å². The predicted molar refractivity (Wildman–Crippen MR) is 89.3 cm³/mol. The second kappa shape index (κ2) is 7.95. The van der Waals surface area contributed by atoms with Crippen molar-refractivity contribution in [2.75, 3.05) is 0 Å². The third-order valence-electron chi connectivity index (χ3n) is 4.85. The quantitative estimate of drug-likeness (QED) is 0.565. The SMILES string of the molecule is CCC[C@@H]1O[Si](C(C)C)(C(C)C)O[C@H](CCC)C1CC. The maximum Gasteiger partial charge on any atom is 0.343 e. The Balaban J connectivity index is 3.05. The first-order valence-corrected chi connectivity index (χ1v) is 10.8. The minimum atomic E-state index is -2.10. The fourth-order valence-corrected chi connectivity index (χ4v) is 7.78. The maximum absolute atomic E-state index is 6.73. The van der Waals surface area contributed by atoms with E-state index >= 15 is 0 Å². The topological polar surface area (TPSA) is 18.5 Å². The molecule has 1 saturated heterocycles. The van der Waals surface area contributed by atoms with Gasteiger partial charge in [-0.05, 0) is 30.3 Å². The zero-order valence-electron chi connectivity index (χ0n) is 14.7. The Kier molecular flexibility index (Phi) is 7.23. The van der Waals surface area contributed by atoms with Crippen LogP contribution < -0.4 is 0 Å². The van der Waals surface area contributed by atoms with Crippen molar-refractivity contribution in [3.63, 3.8) is 0 Å². The maximum atomic E-state index is 6.73. The van der Waals surface area contributed by atoms with E-state index in [4.69, 9.17) is 8.85 Å². The summed E-state index contributed by atoms with van der Waals surface area (Å²) in [5.41, 5.74) is 1.05. The lowest BCUT2D eigenvalue weighted by Crippen LogP contribution is -2.60. The summed E-state index contributed by atoms with van der Waals surface area (Å²) in [6.07, 6.45) is 6.82. The molecule has 0 radical (unpaired) electrons. The number of rotatable bonds is 7. The van der Waals surface area contributed by atoms with Gasteiger partial charge in [-0.3, -0.25) is 0 Å². The summed E-state index contributed by atoms with van der Waals surface area (Å²) < 4.78 is 13.5. The Morgan fingerprint density at radius 2 is 1.20 bits per heavy atom. The molecule has 0 aliphatic carbocycles. The fourth-order valence-electron chi connectivity index (χ4n) is 3.77. The predicted octanol–water partition coefficient (Wildman–Crippen LogP) is 5.66. The Morgan fingerprint density at radius 3 is 1.45 bits per heavy atom. The van der Waals surface area contributed by atoms with Gasteiger partial charge < -0.3 is 8.85 Å². The van der Waals surface area contributed by atoms with Gasteiger partial charge in [0.15, 0.2) is 0 Å². The van der Waals surface area contributed by atoms with Crippen LogP contribution in [0.4, 0.5) is 0 Å². The van der Waals surface area contributed by atoms with Crippen LogP contribution in [0.5, 0.6) is 0 Å². The minimum absolute atomic E-state index is 0.423. The van der Waals surface area contributed by atoms with Crippen molar-refractivity contribution in [2.24, 2.45) is 5.92 Å². The Hall–Kier alpha value is 0.137. The molecule has 2 nitrogen and oxygen atoms in total. The summed E-state index contributed by atoms with van der Waals surface area (Å²) in [4.78, 5) is 0. The number of hydrogen-bond acceptors (Lipinski definition) is 2. The van der Waals surface area contributed by atoms with Crippen molar-refractivity contribution in [3.05, 3.63) is 0 Å². The molecule has 20 heavy (non-hydrogen) atoms. The summed E-state index contributed by atoms with van der Waals surface area (Å²) in [7, 11) is -2.10. The van der Waals surface area contributed by atoms with Crippen molar-refractivity contribution in [3.8, 4) is 0 Å². The molecule has 0 aromatic carbocycles. The van der Waals surface area contributed by atoms with Crippen molar-refractivity contribution >= 4 is 8.56 Å². The highest BCUT2D eigenvalue weighted by Crippen LogP contribution is 2.44. The molecular formula is C17H36O2Si. The van der Waals surface area contributed by atoms with Gasteiger partial charge in [-0.25, -0.2) is 0 Å². The molecule has 0 spiro atoms. The highest BCUT2D eigenvalue weighted by molar-refractivity contribution is 6.70. The van der Waals surface area contributed by atoms with Gasteiger partial charge in [0.1, 0.15) is 0 Å². The van der Waals surface area contributed by atoms with E-state index in [0.717, 1.165) is 0 Å². The average molecular weight is 301 g/mol. The largest absolute Gasteiger partial charge is 0.390 e. The summed E-state index contributed by atoms with van der Waals surface area (Å²) >= 11 is 0. The van der Waals surface area contributed by atoms with Crippen LogP contribution in [0.15, 0.2) is 0 Å². The third-order valence-corrected chi connectivity index (χ3v) is 9.41. The van der Waals surface area contributed by atoms with E-state index in [9.17, 15) is 0 Å². The van der Waals surface area contributed by atoms with Crippen LogP contribution in [0.25, 0.3) is 0 Å². The molecule has 1 fully saturated rings. The molecule has 0 aromatic rings. The van der Waals surface area contributed by atoms with Gasteiger partial charge >= 0.3 is 8.56 Å². The third kappa shape index (κ3) is 3.66. The molecule has 0 aromatic heterocycles. The van der Waals surface area contributed by atoms with E-state index in [1.54, 1.807) is 0 Å². The molecule has 0 amide bonds. The van der Waals surface area contributed by atoms with Crippen LogP contribution >= 0.6 is 0 Å². The zero-order valence-corrected chi connectivity index (χ0v) is 15.7. The fraction of sp³-hybridized carbons (Fsp3) is 1.00. The highest BCUT2D eigenvalue weighted by atomic mass is 28.4. The second-order valence-corrected chi connectivity index (χ2v) is 11.2. The van der Waals surface area contributed by atoms with E-state index in [-0.39, 0.29) is 0 Å². The standard InChI is InChI=1S/C17H36O2Si/c1-8-11-16-15(10-3)17(12-9-2)19-20(18-16,13(4)5)14(6)7/h13-17H,8-12H2,1-7H3/t15?,16-,17+. The van der Waals surface area contributed by atoms with Crippen LogP contribution in [-0.2, 0) is 8.85 Å². The first-order chi connectivity index (χ1) is 9.42. The molecule has 3 atom stereocenters. The van der Waals surface area contributed by atoms with Crippen LogP contribution in [0.1, 0.15) is 80.6 Å². The molecule has 3 heteroatoms. The number of hydrogen-bond donors (Lipinski definition) is 0. The van der Waals surface area contributed by atoms with E-state index in [0.29, 0.717) is 29.2 Å². The smallest absolute Gasteiger partial charge is 0.343 e. The molecule has 1 rings (SSSR count). The molecule has 1 aliphatic heterocycles. The molecule has 1 unspecified atom stereocenters. The molecular weight excluding hydrogens is 264 g/mol. The van der Waals surface area contributed by atoms with Crippen molar-refractivity contribution in [1.82, 2.24) is 0 Å². The van der Waals surface area contributed by atoms with E-state index in [2.05, 4.69) is 48.5 Å². The summed E-state index contributed by atoms with van der Waals surface area (Å²) in [5.74, 6) is 0.591. The molecule has 1 aliphatic rings. The first-order valence-electron chi connectivity index (χ1n) is 8.78. The summed E-state index contributed by atoms with van der Waals surface area (Å²) in [5, 5.41) is 0. The lowest BCUT2D eigenvalue weighted by atomic mass is 9.88. The van der Waals surface area contributed by atoms with Gasteiger partial charge in [0.2, 0.25) is 0 Å². The van der Waals surface area contributed by atoms with Crippen LogP contribution in [-0.4, -0.2) is 20.8 Å². The van der Waals surface area contributed by atoms with Crippen LogP contribution in [0, 0.1) is 5.92 Å². The Bertz CT molecular complexity index is 252. The second-order valence-electron chi connectivity index (χ2n) is 6.99. The molecule has 0 N–H and O–H groups in total. The van der Waals surface area contributed by atoms with Gasteiger partial charge in [-0.1, -0.05) is 61.3 Å². The Labute approximate surface area is 127 Å². The monoisotopic (exact) mass is 300 g/mol. The normalized spacial score (nSPS) is 30.1. The highest BCUT2D eigenvalue weighted by Gasteiger charge is 2.53. The molecule has 0 saturated carbocycles. The van der Waals surface area contributed by atoms with Crippen molar-refractivity contribution in [2.45, 2.75) is 104 Å². The average Bonchev–Trinajstić information content (AvgIpc) is 2.38. The van der Waals surface area contributed by atoms with Crippen molar-refractivity contribution < 1.29 is 8.85 Å². The van der Waals surface area contributed by atoms with Gasteiger partial charge in [-0.15, -0.1) is 0 Å². The summed E-state index contributed by atoms with van der Waals surface area (Å²) in [6.45, 7) is 16.0. The van der Waals surface area contributed by atoms with E-state index in [1.165, 1.54) is 32.1 Å². The minimum Gasteiger partial charge on any atom is -0.390 e. The zero-order chi connectivity index (χ0) is 15.3. The lowest BCUT2D eigenvalue weighted by Gasteiger charge is -2.51.